The second-order valence-corrected chi connectivity index (χ2v) is 36.2. The molecule has 0 aliphatic carbocycles. The van der Waals surface area contributed by atoms with Crippen LogP contribution in [0.3, 0.4) is 0 Å². The van der Waals surface area contributed by atoms with Gasteiger partial charge in [-0.2, -0.15) is 0 Å². The lowest BCUT2D eigenvalue weighted by Crippen LogP contribution is -2.57. The number of hydrogen-bond acceptors (Lipinski definition) is 6. The van der Waals surface area contributed by atoms with Gasteiger partial charge in [-0.3, -0.25) is 0 Å². The Kier molecular flexibility index (Phi) is 63.6. The number of unbranched alkanes of at least 4 members (excludes halogenated alkanes) is 12. The van der Waals surface area contributed by atoms with Crippen LogP contribution in [0.1, 0.15) is 176 Å². The largest absolute Gasteiger partial charge is 0.437 e. The van der Waals surface area contributed by atoms with Gasteiger partial charge in [0, 0.05) is 13.7 Å². The molecule has 0 heterocycles. The summed E-state index contributed by atoms with van der Waals surface area (Å²) in [5.41, 5.74) is 0. The van der Waals surface area contributed by atoms with E-state index in [-0.39, 0.29) is 59.4 Å². The molecule has 344 valence electrons. The van der Waals surface area contributed by atoms with Crippen molar-refractivity contribution >= 4 is 42.3 Å². The van der Waals surface area contributed by atoms with Crippen molar-refractivity contribution < 1.29 is 25.9 Å². The summed E-state index contributed by atoms with van der Waals surface area (Å²) in [5.74, 6) is 0.664. The van der Waals surface area contributed by atoms with E-state index in [0.717, 1.165) is 19.1 Å². The Morgan fingerprint density at radius 2 is 0.778 bits per heavy atom. The fourth-order valence-electron chi connectivity index (χ4n) is 6.04. The lowest BCUT2D eigenvalue weighted by atomic mass is 10.0. The van der Waals surface area contributed by atoms with Gasteiger partial charge in [-0.15, -0.1) is 0 Å². The van der Waals surface area contributed by atoms with Gasteiger partial charge in [-0.1, -0.05) is 170 Å². The van der Waals surface area contributed by atoms with Gasteiger partial charge >= 0.3 is 25.7 Å². The van der Waals surface area contributed by atoms with Gasteiger partial charge in [0.2, 0.25) is 0 Å². The lowest BCUT2D eigenvalue weighted by Gasteiger charge is -2.42. The molecule has 0 saturated heterocycles. The maximum absolute atomic E-state index is 6.87. The van der Waals surface area contributed by atoms with Crippen LogP contribution in [-0.2, 0) is 25.9 Å². The predicted octanol–water partition coefficient (Wildman–Crippen LogP) is 17.5. The van der Waals surface area contributed by atoms with E-state index < -0.39 is 42.3 Å². The smallest absolute Gasteiger partial charge is 0.331 e. The standard InChI is InChI=1S/C27H64O3Si4.C8H20O3Si.8CH4/c1-12-13-14-15-16-17-18-19-20-21-22-23-24-25-27(2)26-34(11,29-32(6,7)8)30-33(9,10)28-31(3,4)5;1-5-6-10-12(3,4)11-8-7-9-2;;;;;;;;/h27H,12-26H2,1-11H3;5-8H2,1-4H3;8*1H4. The minimum atomic E-state index is -2.27. The molecule has 0 bridgehead atoms. The Labute approximate surface area is 354 Å². The molecule has 2 unspecified atom stereocenters. The molecule has 0 aromatic heterocycles. The molecule has 2 atom stereocenters. The van der Waals surface area contributed by atoms with Crippen LogP contribution in [-0.4, -0.2) is 69.2 Å². The molecule has 0 fully saturated rings. The molecule has 0 aliphatic heterocycles. The molecule has 0 saturated carbocycles. The van der Waals surface area contributed by atoms with Crippen molar-refractivity contribution in [1.82, 2.24) is 0 Å². The third kappa shape index (κ3) is 57.2. The molecule has 0 aromatic rings. The highest BCUT2D eigenvalue weighted by Gasteiger charge is 2.45. The molecule has 11 heteroatoms. The molecule has 0 rings (SSSR count). The van der Waals surface area contributed by atoms with Crippen molar-refractivity contribution in [2.24, 2.45) is 5.92 Å². The normalized spacial score (nSPS) is 12.7. The Balaban J connectivity index is -0.000000105. The zero-order valence-electron chi connectivity index (χ0n) is 34.0. The molecular weight excluding hydrogens is 753 g/mol. The quantitative estimate of drug-likeness (QED) is 0.0551. The van der Waals surface area contributed by atoms with Crippen LogP contribution in [0.15, 0.2) is 0 Å². The first kappa shape index (κ1) is 79.1. The molecule has 0 aliphatic rings. The third-order valence-corrected chi connectivity index (χ3v) is 23.0. The third-order valence-electron chi connectivity index (χ3n) is 7.45. The second-order valence-electron chi connectivity index (χ2n) is 16.5. The highest BCUT2D eigenvalue weighted by atomic mass is 28.5. The van der Waals surface area contributed by atoms with E-state index in [1.54, 1.807) is 7.11 Å². The molecular formula is C43H116O6Si5. The Hall–Kier alpha value is 0.844. The molecule has 6 nitrogen and oxygen atoms in total. The van der Waals surface area contributed by atoms with Crippen LogP contribution >= 0.6 is 0 Å². The minimum Gasteiger partial charge on any atom is -0.437 e. The number of methoxy groups -OCH3 is 1. The van der Waals surface area contributed by atoms with Crippen molar-refractivity contribution in [2.75, 3.05) is 26.9 Å². The first-order valence-electron chi connectivity index (χ1n) is 19.1. The van der Waals surface area contributed by atoms with E-state index in [9.17, 15) is 0 Å². The van der Waals surface area contributed by atoms with Crippen LogP contribution in [0, 0.1) is 5.92 Å². The summed E-state index contributed by atoms with van der Waals surface area (Å²) in [7, 11) is -7.93. The van der Waals surface area contributed by atoms with Gasteiger partial charge in [0.05, 0.1) is 13.2 Å². The summed E-state index contributed by atoms with van der Waals surface area (Å²) in [5, 5.41) is 0. The summed E-state index contributed by atoms with van der Waals surface area (Å²) in [6, 6.07) is 1.10. The second kappa shape index (κ2) is 43.4. The zero-order chi connectivity index (χ0) is 35.8. The van der Waals surface area contributed by atoms with Crippen LogP contribution in [0.5, 0.6) is 0 Å². The van der Waals surface area contributed by atoms with Gasteiger partial charge in [-0.25, -0.2) is 0 Å². The first-order valence-corrected chi connectivity index (χ1v) is 34.0. The van der Waals surface area contributed by atoms with E-state index in [4.69, 9.17) is 25.9 Å². The zero-order valence-corrected chi connectivity index (χ0v) is 39.0. The molecule has 0 N–H and O–H groups in total. The van der Waals surface area contributed by atoms with E-state index in [0.29, 0.717) is 19.1 Å². The molecule has 0 radical (unpaired) electrons. The van der Waals surface area contributed by atoms with Crippen LogP contribution < -0.4 is 0 Å². The summed E-state index contributed by atoms with van der Waals surface area (Å²) >= 11 is 0. The van der Waals surface area contributed by atoms with Crippen LogP contribution in [0.4, 0.5) is 0 Å². The van der Waals surface area contributed by atoms with Crippen molar-refractivity contribution in [3.63, 3.8) is 0 Å². The molecule has 0 aromatic carbocycles. The lowest BCUT2D eigenvalue weighted by molar-refractivity contribution is 0.113. The van der Waals surface area contributed by atoms with Gasteiger partial charge in [0.25, 0.3) is 0 Å². The van der Waals surface area contributed by atoms with Crippen molar-refractivity contribution in [3.8, 4) is 0 Å². The summed E-state index contributed by atoms with van der Waals surface area (Å²) < 4.78 is 36.2. The average molecular weight is 870 g/mol. The SMILES string of the molecule is C.C.C.C.C.C.C.C.CCCCCCCCCCCCCCCC(C)C[Si](C)(O[Si](C)(C)C)O[Si](C)(C)O[Si](C)(C)C.CCCO[Si](C)(C)OCCOC. The summed E-state index contributed by atoms with van der Waals surface area (Å²) in [6.45, 7) is 33.4. The van der Waals surface area contributed by atoms with E-state index in [1.807, 2.05) is 0 Å². The topological polar surface area (TPSA) is 55.4 Å². The minimum absolute atomic E-state index is 0. The highest BCUT2D eigenvalue weighted by Crippen LogP contribution is 2.31. The van der Waals surface area contributed by atoms with Crippen molar-refractivity contribution in [2.45, 2.75) is 255 Å². The Morgan fingerprint density at radius 3 is 1.13 bits per heavy atom. The molecule has 0 amide bonds. The Morgan fingerprint density at radius 1 is 0.407 bits per heavy atom. The predicted molar refractivity (Wildman–Crippen MR) is 269 cm³/mol. The van der Waals surface area contributed by atoms with Crippen LogP contribution in [0.2, 0.25) is 78.1 Å². The van der Waals surface area contributed by atoms with Crippen molar-refractivity contribution in [1.29, 1.82) is 0 Å². The molecule has 54 heavy (non-hydrogen) atoms. The number of ether oxygens (including phenoxy) is 1. The first-order chi connectivity index (χ1) is 21.2. The highest BCUT2D eigenvalue weighted by molar-refractivity contribution is 6.89. The van der Waals surface area contributed by atoms with Crippen LogP contribution in [0.25, 0.3) is 0 Å². The molecule has 0 spiro atoms. The van der Waals surface area contributed by atoms with Crippen molar-refractivity contribution in [3.05, 3.63) is 0 Å². The maximum atomic E-state index is 6.87. The van der Waals surface area contributed by atoms with Gasteiger partial charge in [-0.05, 0) is 90.4 Å². The maximum Gasteiger partial charge on any atom is 0.331 e. The summed E-state index contributed by atoms with van der Waals surface area (Å²) in [6.07, 6.45) is 20.8. The monoisotopic (exact) mass is 869 g/mol. The summed E-state index contributed by atoms with van der Waals surface area (Å²) in [4.78, 5) is 0. The number of rotatable bonds is 29. The van der Waals surface area contributed by atoms with E-state index >= 15 is 0 Å². The van der Waals surface area contributed by atoms with E-state index in [2.05, 4.69) is 92.8 Å². The van der Waals surface area contributed by atoms with Gasteiger partial charge in [0.1, 0.15) is 0 Å². The fourth-order valence-corrected chi connectivity index (χ4v) is 25.8. The Bertz CT molecular complexity index is 703. The fraction of sp³-hybridized carbons (Fsp3) is 1.00. The van der Waals surface area contributed by atoms with Gasteiger partial charge in [0.15, 0.2) is 16.6 Å². The van der Waals surface area contributed by atoms with E-state index in [1.165, 1.54) is 89.9 Å². The average Bonchev–Trinajstić information content (AvgIpc) is 2.87. The number of hydrogen-bond donors (Lipinski definition) is 0. The van der Waals surface area contributed by atoms with Gasteiger partial charge < -0.3 is 25.9 Å².